The Morgan fingerprint density at radius 3 is 2.52 bits per heavy atom. The molecule has 1 aliphatic rings. The lowest BCUT2D eigenvalue weighted by molar-refractivity contribution is -0.137. The molecule has 2 aromatic rings. The first-order valence-electron chi connectivity index (χ1n) is 6.43. The van der Waals surface area contributed by atoms with Crippen molar-refractivity contribution >= 4 is 5.78 Å². The molecule has 3 rings (SSSR count). The van der Waals surface area contributed by atoms with Gasteiger partial charge in [-0.2, -0.15) is 13.2 Å². The van der Waals surface area contributed by atoms with Gasteiger partial charge in [-0.05, 0) is 35.4 Å². The van der Waals surface area contributed by atoms with E-state index in [1.807, 2.05) is 0 Å². The van der Waals surface area contributed by atoms with Crippen LogP contribution >= 0.6 is 0 Å². The minimum atomic E-state index is -4.38. The molecule has 0 aliphatic carbocycles. The van der Waals surface area contributed by atoms with Crippen molar-refractivity contribution in [2.24, 2.45) is 0 Å². The number of rotatable bonds is 1. The maximum Gasteiger partial charge on any atom is 0.416 e. The van der Waals surface area contributed by atoms with E-state index in [1.165, 1.54) is 6.07 Å². The molecule has 0 spiro atoms. The van der Waals surface area contributed by atoms with Crippen LogP contribution in [0.3, 0.4) is 0 Å². The average molecular weight is 292 g/mol. The molecule has 1 aliphatic heterocycles. The molecule has 21 heavy (non-hydrogen) atoms. The van der Waals surface area contributed by atoms with Crippen LogP contribution < -0.4 is 4.74 Å². The number of halogens is 3. The highest BCUT2D eigenvalue weighted by atomic mass is 19.4. The van der Waals surface area contributed by atoms with Gasteiger partial charge in [0.2, 0.25) is 0 Å². The normalized spacial score (nSPS) is 14.5. The fraction of sp³-hybridized carbons (Fsp3) is 0.188. The molecule has 0 N–H and O–H groups in total. The lowest BCUT2D eigenvalue weighted by atomic mass is 9.98. The van der Waals surface area contributed by atoms with Gasteiger partial charge in [0.05, 0.1) is 17.7 Å². The SMILES string of the molecule is O=C1CCOc2cc(-c3cccc(C(F)(F)F)c3)ccc21. The Bertz CT molecular complexity index is 705. The van der Waals surface area contributed by atoms with E-state index in [0.29, 0.717) is 35.5 Å². The van der Waals surface area contributed by atoms with Gasteiger partial charge in [0, 0.05) is 6.42 Å². The molecule has 0 unspecified atom stereocenters. The first-order valence-corrected chi connectivity index (χ1v) is 6.43. The monoisotopic (exact) mass is 292 g/mol. The van der Waals surface area contributed by atoms with Gasteiger partial charge in [0.1, 0.15) is 5.75 Å². The molecule has 1 heterocycles. The van der Waals surface area contributed by atoms with Crippen molar-refractivity contribution in [1.82, 2.24) is 0 Å². The Balaban J connectivity index is 2.03. The highest BCUT2D eigenvalue weighted by Gasteiger charge is 2.30. The number of alkyl halides is 3. The number of fused-ring (bicyclic) bond motifs is 1. The topological polar surface area (TPSA) is 26.3 Å². The fourth-order valence-electron chi connectivity index (χ4n) is 2.32. The third-order valence-electron chi connectivity index (χ3n) is 3.39. The molecule has 0 amide bonds. The summed E-state index contributed by atoms with van der Waals surface area (Å²) in [6.45, 7) is 0.303. The minimum absolute atomic E-state index is 0.00755. The van der Waals surface area contributed by atoms with Crippen LogP contribution in [0.2, 0.25) is 0 Å². The summed E-state index contributed by atoms with van der Waals surface area (Å²) in [5.41, 5.74) is 0.815. The zero-order chi connectivity index (χ0) is 15.0. The van der Waals surface area contributed by atoms with E-state index in [9.17, 15) is 18.0 Å². The molecular weight excluding hydrogens is 281 g/mol. The van der Waals surface area contributed by atoms with Crippen LogP contribution in [-0.2, 0) is 6.18 Å². The summed E-state index contributed by atoms with van der Waals surface area (Å²) in [6, 6.07) is 9.94. The number of Topliss-reactive ketones (excluding diaryl/α,β-unsaturated/α-hetero) is 1. The predicted molar refractivity (Wildman–Crippen MR) is 71.3 cm³/mol. The van der Waals surface area contributed by atoms with Gasteiger partial charge in [-0.3, -0.25) is 4.79 Å². The molecule has 0 saturated carbocycles. The zero-order valence-electron chi connectivity index (χ0n) is 10.9. The van der Waals surface area contributed by atoms with Crippen molar-refractivity contribution in [2.45, 2.75) is 12.6 Å². The molecule has 0 saturated heterocycles. The number of benzene rings is 2. The summed E-state index contributed by atoms with van der Waals surface area (Å²) in [5.74, 6) is 0.424. The Morgan fingerprint density at radius 1 is 1.00 bits per heavy atom. The van der Waals surface area contributed by atoms with Crippen LogP contribution in [0.15, 0.2) is 42.5 Å². The van der Waals surface area contributed by atoms with Gasteiger partial charge >= 0.3 is 6.18 Å². The predicted octanol–water partition coefficient (Wildman–Crippen LogP) is 4.34. The van der Waals surface area contributed by atoms with Crippen molar-refractivity contribution in [2.75, 3.05) is 6.61 Å². The van der Waals surface area contributed by atoms with E-state index in [0.717, 1.165) is 12.1 Å². The first kappa shape index (κ1) is 13.7. The number of ether oxygens (including phenoxy) is 1. The lowest BCUT2D eigenvalue weighted by Gasteiger charge is -2.17. The van der Waals surface area contributed by atoms with Crippen LogP contribution in [0, 0.1) is 0 Å². The summed E-state index contributed by atoms with van der Waals surface area (Å²) in [7, 11) is 0. The molecule has 0 fully saturated rings. The zero-order valence-corrected chi connectivity index (χ0v) is 10.9. The molecule has 2 aromatic carbocycles. The highest BCUT2D eigenvalue weighted by molar-refractivity contribution is 6.00. The average Bonchev–Trinajstić information content (AvgIpc) is 2.46. The molecule has 108 valence electrons. The van der Waals surface area contributed by atoms with E-state index in [4.69, 9.17) is 4.74 Å². The Morgan fingerprint density at radius 2 is 1.76 bits per heavy atom. The highest BCUT2D eigenvalue weighted by Crippen LogP contribution is 2.34. The van der Waals surface area contributed by atoms with Crippen LogP contribution in [0.25, 0.3) is 11.1 Å². The third-order valence-corrected chi connectivity index (χ3v) is 3.39. The van der Waals surface area contributed by atoms with E-state index in [1.54, 1.807) is 24.3 Å². The van der Waals surface area contributed by atoms with E-state index >= 15 is 0 Å². The van der Waals surface area contributed by atoms with E-state index in [2.05, 4.69) is 0 Å². The second-order valence-corrected chi connectivity index (χ2v) is 4.81. The number of hydrogen-bond donors (Lipinski definition) is 0. The maximum atomic E-state index is 12.7. The number of carbonyl (C=O) groups excluding carboxylic acids is 1. The molecule has 0 radical (unpaired) electrons. The summed E-state index contributed by atoms with van der Waals surface area (Å²) in [6.07, 6.45) is -4.05. The number of ketones is 1. The van der Waals surface area contributed by atoms with Gasteiger partial charge in [-0.1, -0.05) is 18.2 Å². The largest absolute Gasteiger partial charge is 0.492 e. The van der Waals surface area contributed by atoms with Gasteiger partial charge in [-0.15, -0.1) is 0 Å². The van der Waals surface area contributed by atoms with Crippen LogP contribution in [0.5, 0.6) is 5.75 Å². The van der Waals surface area contributed by atoms with Gasteiger partial charge in [0.25, 0.3) is 0 Å². The Kier molecular flexibility index (Phi) is 3.20. The maximum absolute atomic E-state index is 12.7. The second-order valence-electron chi connectivity index (χ2n) is 4.81. The molecule has 5 heteroatoms. The smallest absolute Gasteiger partial charge is 0.416 e. The van der Waals surface area contributed by atoms with Crippen molar-refractivity contribution in [1.29, 1.82) is 0 Å². The second kappa shape index (κ2) is 4.91. The molecule has 0 aromatic heterocycles. The molecule has 2 nitrogen and oxygen atoms in total. The summed E-state index contributed by atoms with van der Waals surface area (Å²) in [5, 5.41) is 0. The summed E-state index contributed by atoms with van der Waals surface area (Å²) >= 11 is 0. The van der Waals surface area contributed by atoms with Crippen LogP contribution in [-0.4, -0.2) is 12.4 Å². The van der Waals surface area contributed by atoms with Crippen LogP contribution in [0.1, 0.15) is 22.3 Å². The standard InChI is InChI=1S/C16H11F3O2/c17-16(18,19)12-3-1-2-10(8-12)11-4-5-13-14(20)6-7-21-15(13)9-11/h1-5,8-9H,6-7H2. The van der Waals surface area contributed by atoms with E-state index < -0.39 is 11.7 Å². The van der Waals surface area contributed by atoms with Gasteiger partial charge in [-0.25, -0.2) is 0 Å². The molecular formula is C16H11F3O2. The van der Waals surface area contributed by atoms with Crippen molar-refractivity contribution < 1.29 is 22.7 Å². The minimum Gasteiger partial charge on any atom is -0.492 e. The number of hydrogen-bond acceptors (Lipinski definition) is 2. The quantitative estimate of drug-likeness (QED) is 0.781. The van der Waals surface area contributed by atoms with Crippen LogP contribution in [0.4, 0.5) is 13.2 Å². The van der Waals surface area contributed by atoms with Crippen molar-refractivity contribution in [3.05, 3.63) is 53.6 Å². The van der Waals surface area contributed by atoms with Gasteiger partial charge < -0.3 is 4.74 Å². The lowest BCUT2D eigenvalue weighted by Crippen LogP contribution is -2.15. The Labute approximate surface area is 119 Å². The van der Waals surface area contributed by atoms with Gasteiger partial charge in [0.15, 0.2) is 5.78 Å². The fourth-order valence-corrected chi connectivity index (χ4v) is 2.32. The first-order chi connectivity index (χ1) is 9.95. The third kappa shape index (κ3) is 2.63. The number of carbonyl (C=O) groups is 1. The Hall–Kier alpha value is -2.30. The summed E-state index contributed by atoms with van der Waals surface area (Å²) in [4.78, 5) is 11.7. The van der Waals surface area contributed by atoms with E-state index in [-0.39, 0.29) is 5.78 Å². The van der Waals surface area contributed by atoms with Crippen molar-refractivity contribution in [3.63, 3.8) is 0 Å². The molecule has 0 bridgehead atoms. The summed E-state index contributed by atoms with van der Waals surface area (Å²) < 4.78 is 43.6. The molecule has 0 atom stereocenters. The van der Waals surface area contributed by atoms with Crippen molar-refractivity contribution in [3.8, 4) is 16.9 Å².